The number of ether oxygens (including phenoxy) is 2. The van der Waals surface area contributed by atoms with Crippen LogP contribution in [0.1, 0.15) is 11.1 Å². The Kier molecular flexibility index (Phi) is 7.36. The van der Waals surface area contributed by atoms with Crippen LogP contribution in [0.15, 0.2) is 41.6 Å². The molecule has 0 spiro atoms. The lowest BCUT2D eigenvalue weighted by atomic mass is 10.2. The maximum atomic E-state index is 12.3. The number of aryl methyl sites for hydroxylation is 1. The minimum absolute atomic E-state index is 0.0956. The number of methoxy groups -OCH3 is 1. The Morgan fingerprint density at radius 3 is 2.70 bits per heavy atom. The average molecular weight is 399 g/mol. The first-order chi connectivity index (χ1) is 12.9. The number of hydrogen-bond acceptors (Lipinski definition) is 5. The van der Waals surface area contributed by atoms with Crippen molar-refractivity contribution >= 4 is 29.4 Å². The molecule has 2 aromatic rings. The number of hydrogen-bond donors (Lipinski definition) is 1. The molecular formula is C18H17ClF2N2O4. The Bertz CT molecular complexity index is 831. The third kappa shape index (κ3) is 6.41. The molecule has 0 bridgehead atoms. The summed E-state index contributed by atoms with van der Waals surface area (Å²) in [5.74, 6) is -0.389. The Hall–Kier alpha value is -2.87. The van der Waals surface area contributed by atoms with Crippen molar-refractivity contribution in [1.29, 1.82) is 0 Å². The number of oxime groups is 1. The van der Waals surface area contributed by atoms with Crippen molar-refractivity contribution in [3.63, 3.8) is 0 Å². The van der Waals surface area contributed by atoms with Gasteiger partial charge in [0.2, 0.25) is 0 Å². The number of benzene rings is 2. The van der Waals surface area contributed by atoms with Crippen molar-refractivity contribution in [2.45, 2.75) is 13.5 Å². The van der Waals surface area contributed by atoms with Crippen molar-refractivity contribution in [3.05, 3.63) is 52.5 Å². The van der Waals surface area contributed by atoms with Crippen LogP contribution >= 0.6 is 11.6 Å². The van der Waals surface area contributed by atoms with E-state index >= 15 is 0 Å². The molecule has 0 aliphatic heterocycles. The summed E-state index contributed by atoms with van der Waals surface area (Å²) in [5, 5.41) is 6.83. The monoisotopic (exact) mass is 398 g/mol. The lowest BCUT2D eigenvalue weighted by molar-refractivity contribution is -0.120. The topological polar surface area (TPSA) is 69.2 Å². The lowest BCUT2D eigenvalue weighted by Gasteiger charge is -2.09. The van der Waals surface area contributed by atoms with E-state index in [0.29, 0.717) is 16.3 Å². The number of nitrogens with zero attached hydrogens (tertiary/aromatic N) is 1. The number of amides is 1. The fraction of sp³-hybridized carbons (Fsp3) is 0.222. The van der Waals surface area contributed by atoms with Crippen molar-refractivity contribution < 1.29 is 27.9 Å². The maximum Gasteiger partial charge on any atom is 0.387 e. The first-order valence-corrected chi connectivity index (χ1v) is 8.11. The highest BCUT2D eigenvalue weighted by atomic mass is 35.5. The van der Waals surface area contributed by atoms with Crippen molar-refractivity contribution in [1.82, 2.24) is 0 Å². The van der Waals surface area contributed by atoms with Gasteiger partial charge in [0.15, 0.2) is 18.1 Å². The molecule has 0 aliphatic rings. The van der Waals surface area contributed by atoms with Crippen molar-refractivity contribution in [3.8, 4) is 11.5 Å². The van der Waals surface area contributed by atoms with E-state index in [1.54, 1.807) is 18.2 Å². The predicted octanol–water partition coefficient (Wildman–Crippen LogP) is 4.25. The highest BCUT2D eigenvalue weighted by Crippen LogP contribution is 2.28. The van der Waals surface area contributed by atoms with Gasteiger partial charge in [0.1, 0.15) is 0 Å². The second kappa shape index (κ2) is 9.72. The van der Waals surface area contributed by atoms with Crippen LogP contribution in [0, 0.1) is 6.92 Å². The molecule has 0 unspecified atom stereocenters. The number of rotatable bonds is 8. The molecule has 0 heterocycles. The zero-order valence-electron chi connectivity index (χ0n) is 14.5. The summed E-state index contributed by atoms with van der Waals surface area (Å²) in [6, 6.07) is 9.39. The van der Waals surface area contributed by atoms with Crippen LogP contribution in [-0.4, -0.2) is 32.4 Å². The molecule has 0 saturated heterocycles. The van der Waals surface area contributed by atoms with Gasteiger partial charge in [0.05, 0.1) is 13.3 Å². The molecule has 0 saturated carbocycles. The smallest absolute Gasteiger partial charge is 0.387 e. The van der Waals surface area contributed by atoms with E-state index in [2.05, 4.69) is 15.2 Å². The van der Waals surface area contributed by atoms with E-state index in [9.17, 15) is 13.6 Å². The summed E-state index contributed by atoms with van der Waals surface area (Å²) < 4.78 is 33.9. The van der Waals surface area contributed by atoms with Crippen LogP contribution in [0.5, 0.6) is 11.5 Å². The normalized spacial score (nSPS) is 10.9. The number of nitrogens with one attached hydrogen (secondary N) is 1. The number of carbonyl (C=O) groups excluding carboxylic acids is 1. The molecule has 0 fully saturated rings. The Morgan fingerprint density at radius 2 is 2.04 bits per heavy atom. The van der Waals surface area contributed by atoms with Crippen LogP contribution in [0.2, 0.25) is 5.02 Å². The van der Waals surface area contributed by atoms with Crippen LogP contribution < -0.4 is 14.8 Å². The van der Waals surface area contributed by atoms with Gasteiger partial charge in [0, 0.05) is 16.3 Å². The summed E-state index contributed by atoms with van der Waals surface area (Å²) in [5.41, 5.74) is 1.96. The minimum Gasteiger partial charge on any atom is -0.493 e. The van der Waals surface area contributed by atoms with Gasteiger partial charge >= 0.3 is 6.61 Å². The summed E-state index contributed by atoms with van der Waals surface area (Å²) in [6.07, 6.45) is 1.31. The van der Waals surface area contributed by atoms with Gasteiger partial charge in [-0.25, -0.2) is 0 Å². The Labute approximate surface area is 159 Å². The first kappa shape index (κ1) is 20.4. The number of alkyl halides is 2. The highest BCUT2D eigenvalue weighted by molar-refractivity contribution is 6.31. The van der Waals surface area contributed by atoms with Crippen LogP contribution in [0.3, 0.4) is 0 Å². The fourth-order valence-corrected chi connectivity index (χ4v) is 2.20. The second-order valence-electron chi connectivity index (χ2n) is 5.31. The number of halogens is 3. The van der Waals surface area contributed by atoms with E-state index in [0.717, 1.165) is 5.56 Å². The van der Waals surface area contributed by atoms with Crippen LogP contribution in [-0.2, 0) is 9.63 Å². The molecule has 9 heteroatoms. The van der Waals surface area contributed by atoms with Crippen LogP contribution in [0.25, 0.3) is 0 Å². The lowest BCUT2D eigenvalue weighted by Crippen LogP contribution is -2.17. The quantitative estimate of drug-likeness (QED) is 0.533. The Balaban J connectivity index is 1.87. The van der Waals surface area contributed by atoms with E-state index in [1.807, 2.05) is 6.92 Å². The molecular weight excluding hydrogens is 382 g/mol. The summed E-state index contributed by atoms with van der Waals surface area (Å²) in [4.78, 5) is 16.7. The number of carbonyl (C=O) groups is 1. The summed E-state index contributed by atoms with van der Waals surface area (Å²) in [7, 11) is 1.33. The first-order valence-electron chi connectivity index (χ1n) is 7.73. The SMILES string of the molecule is COc1cc(/C=N\OCC(=O)Nc2ccc(C)c(Cl)c2)ccc1OC(F)F. The third-order valence-electron chi connectivity index (χ3n) is 3.33. The standard InChI is InChI=1S/C18H17ClF2N2O4/c1-11-3-5-13(8-14(11)19)23-17(24)10-26-22-9-12-4-6-15(27-18(20)21)16(7-12)25-2/h3-9,18H,10H2,1-2H3,(H,23,24)/b22-9-. The zero-order valence-corrected chi connectivity index (χ0v) is 15.3. The molecule has 2 rings (SSSR count). The molecule has 144 valence electrons. The summed E-state index contributed by atoms with van der Waals surface area (Å²) in [6.45, 7) is -1.41. The molecule has 0 aromatic heterocycles. The van der Waals surface area contributed by atoms with E-state index in [1.165, 1.54) is 31.5 Å². The summed E-state index contributed by atoms with van der Waals surface area (Å²) >= 11 is 5.99. The van der Waals surface area contributed by atoms with E-state index in [4.69, 9.17) is 21.2 Å². The van der Waals surface area contributed by atoms with Gasteiger partial charge in [-0.15, -0.1) is 0 Å². The third-order valence-corrected chi connectivity index (χ3v) is 3.74. The molecule has 2 aromatic carbocycles. The number of anilines is 1. The molecule has 1 N–H and O–H groups in total. The molecule has 27 heavy (non-hydrogen) atoms. The maximum absolute atomic E-state index is 12.3. The fourth-order valence-electron chi connectivity index (χ4n) is 2.02. The van der Waals surface area contributed by atoms with Gasteiger partial charge in [-0.2, -0.15) is 8.78 Å². The molecule has 0 aliphatic carbocycles. The van der Waals surface area contributed by atoms with Gasteiger partial charge in [-0.1, -0.05) is 22.8 Å². The van der Waals surface area contributed by atoms with Crippen molar-refractivity contribution in [2.75, 3.05) is 19.0 Å². The zero-order chi connectivity index (χ0) is 19.8. The van der Waals surface area contributed by atoms with Gasteiger partial charge in [0.25, 0.3) is 5.91 Å². The minimum atomic E-state index is -2.95. The predicted molar refractivity (Wildman–Crippen MR) is 98.0 cm³/mol. The van der Waals surface area contributed by atoms with Gasteiger partial charge in [-0.05, 0) is 42.8 Å². The average Bonchev–Trinajstić information content (AvgIpc) is 2.62. The van der Waals surface area contributed by atoms with E-state index < -0.39 is 12.5 Å². The van der Waals surface area contributed by atoms with Crippen molar-refractivity contribution in [2.24, 2.45) is 5.16 Å². The largest absolute Gasteiger partial charge is 0.493 e. The molecule has 0 atom stereocenters. The van der Waals surface area contributed by atoms with Gasteiger partial charge < -0.3 is 19.6 Å². The highest BCUT2D eigenvalue weighted by Gasteiger charge is 2.10. The molecule has 1 amide bonds. The van der Waals surface area contributed by atoms with E-state index in [-0.39, 0.29) is 18.1 Å². The molecule has 6 nitrogen and oxygen atoms in total. The van der Waals surface area contributed by atoms with Gasteiger partial charge in [-0.3, -0.25) is 4.79 Å². The Morgan fingerprint density at radius 1 is 1.26 bits per heavy atom. The van der Waals surface area contributed by atoms with Crippen LogP contribution in [0.4, 0.5) is 14.5 Å². The second-order valence-corrected chi connectivity index (χ2v) is 5.72. The molecule has 0 radical (unpaired) electrons.